The highest BCUT2D eigenvalue weighted by Crippen LogP contribution is 2.44. The van der Waals surface area contributed by atoms with Gasteiger partial charge in [-0.1, -0.05) is 60.7 Å². The van der Waals surface area contributed by atoms with Gasteiger partial charge in [-0.25, -0.2) is 9.59 Å². The van der Waals surface area contributed by atoms with Gasteiger partial charge in [0.1, 0.15) is 18.4 Å². The average molecular weight is 483 g/mol. The number of rotatable bonds is 8. The Morgan fingerprint density at radius 2 is 1.47 bits per heavy atom. The number of fused-ring (bicyclic) bond motifs is 3. The van der Waals surface area contributed by atoms with Gasteiger partial charge in [0.25, 0.3) is 0 Å². The molecule has 0 aliphatic heterocycles. The van der Waals surface area contributed by atoms with Crippen LogP contribution in [0.15, 0.2) is 72.8 Å². The monoisotopic (exact) mass is 483 g/mol. The van der Waals surface area contributed by atoms with E-state index in [-0.39, 0.29) is 24.7 Å². The van der Waals surface area contributed by atoms with E-state index in [0.717, 1.165) is 22.3 Å². The van der Waals surface area contributed by atoms with Crippen LogP contribution in [-0.4, -0.2) is 42.8 Å². The number of benzene rings is 3. The number of aliphatic carboxylic acids is 1. The van der Waals surface area contributed by atoms with Crippen LogP contribution < -0.4 is 9.50 Å². The largest absolute Gasteiger partial charge is 0.480 e. The van der Waals surface area contributed by atoms with Gasteiger partial charge in [-0.3, -0.25) is 4.55 Å². The maximum absolute atomic E-state index is 12.4. The fourth-order valence-electron chi connectivity index (χ4n) is 4.02. The van der Waals surface area contributed by atoms with Gasteiger partial charge in [0.15, 0.2) is 0 Å². The molecular formula is C24H21NO8S. The Morgan fingerprint density at radius 3 is 2.00 bits per heavy atom. The van der Waals surface area contributed by atoms with Crippen LogP contribution in [0, 0.1) is 0 Å². The fraction of sp³-hybridized carbons (Fsp3) is 0.167. The molecule has 0 saturated heterocycles. The summed E-state index contributed by atoms with van der Waals surface area (Å²) in [6.07, 6.45) is -0.938. The minimum Gasteiger partial charge on any atom is -0.480 e. The molecule has 1 unspecified atom stereocenters. The molecule has 3 aromatic carbocycles. The van der Waals surface area contributed by atoms with E-state index in [1.54, 1.807) is 0 Å². The van der Waals surface area contributed by atoms with Crippen LogP contribution in [0.4, 0.5) is 4.79 Å². The molecule has 0 aromatic heterocycles. The van der Waals surface area contributed by atoms with Crippen LogP contribution in [0.25, 0.3) is 11.1 Å². The standard InChI is InChI=1S/C24H21NO8S/c26-23(27)22(13-15-9-11-16(12-10-15)33-34(29,30)31)25-24(28)32-14-21-19-7-3-1-5-17(19)18-6-2-4-8-20(18)21/h1-12,21-22H,13-14H2,(H,25,28)(H,26,27)(H,29,30,31). The summed E-state index contributed by atoms with van der Waals surface area (Å²) in [6.45, 7) is 0.0495. The Morgan fingerprint density at radius 1 is 0.912 bits per heavy atom. The molecule has 0 saturated carbocycles. The summed E-state index contributed by atoms with van der Waals surface area (Å²) in [7, 11) is -4.66. The molecule has 3 aromatic rings. The molecule has 4 rings (SSSR count). The second kappa shape index (κ2) is 9.54. The molecule has 34 heavy (non-hydrogen) atoms. The molecule has 1 amide bonds. The van der Waals surface area contributed by atoms with Gasteiger partial charge in [-0.15, -0.1) is 0 Å². The molecule has 0 radical (unpaired) electrons. The van der Waals surface area contributed by atoms with E-state index in [1.807, 2.05) is 48.5 Å². The van der Waals surface area contributed by atoms with E-state index in [9.17, 15) is 23.1 Å². The Balaban J connectivity index is 1.39. The summed E-state index contributed by atoms with van der Waals surface area (Å²) in [5.41, 5.74) is 4.74. The molecular weight excluding hydrogens is 462 g/mol. The van der Waals surface area contributed by atoms with Crippen molar-refractivity contribution < 1.29 is 36.6 Å². The minimum atomic E-state index is -4.66. The maximum atomic E-state index is 12.4. The van der Waals surface area contributed by atoms with Crippen molar-refractivity contribution in [2.24, 2.45) is 0 Å². The minimum absolute atomic E-state index is 0.0495. The molecule has 0 fully saturated rings. The van der Waals surface area contributed by atoms with E-state index in [2.05, 4.69) is 9.50 Å². The first kappa shape index (κ1) is 23.3. The van der Waals surface area contributed by atoms with Crippen molar-refractivity contribution in [1.82, 2.24) is 5.32 Å². The van der Waals surface area contributed by atoms with Crippen LogP contribution in [0.2, 0.25) is 0 Å². The lowest BCUT2D eigenvalue weighted by Gasteiger charge is -2.17. The van der Waals surface area contributed by atoms with Crippen molar-refractivity contribution >= 4 is 22.5 Å². The summed E-state index contributed by atoms with van der Waals surface area (Å²) in [5, 5.41) is 11.9. The zero-order chi connectivity index (χ0) is 24.3. The number of ether oxygens (including phenoxy) is 1. The Bertz CT molecular complexity index is 1280. The molecule has 10 heteroatoms. The Hall–Kier alpha value is -3.89. The first-order valence-corrected chi connectivity index (χ1v) is 11.7. The molecule has 1 atom stereocenters. The van der Waals surface area contributed by atoms with Gasteiger partial charge < -0.3 is 19.3 Å². The molecule has 0 spiro atoms. The summed E-state index contributed by atoms with van der Waals surface area (Å²) >= 11 is 0. The zero-order valence-corrected chi connectivity index (χ0v) is 18.6. The number of alkyl carbamates (subject to hydrolysis) is 1. The molecule has 3 N–H and O–H groups in total. The normalized spacial score (nSPS) is 13.4. The highest BCUT2D eigenvalue weighted by atomic mass is 32.3. The predicted molar refractivity (Wildman–Crippen MR) is 122 cm³/mol. The lowest BCUT2D eigenvalue weighted by molar-refractivity contribution is -0.139. The summed E-state index contributed by atoms with van der Waals surface area (Å²) < 4.78 is 40.0. The lowest BCUT2D eigenvalue weighted by Crippen LogP contribution is -2.42. The molecule has 1 aliphatic carbocycles. The number of carbonyl (C=O) groups excluding carboxylic acids is 1. The van der Waals surface area contributed by atoms with Gasteiger partial charge >= 0.3 is 22.5 Å². The van der Waals surface area contributed by atoms with Crippen LogP contribution in [0.1, 0.15) is 22.6 Å². The number of carboxylic acid groups (broad SMARTS) is 1. The van der Waals surface area contributed by atoms with Crippen molar-refractivity contribution in [2.75, 3.05) is 6.61 Å². The second-order valence-electron chi connectivity index (χ2n) is 7.72. The Kier molecular flexibility index (Phi) is 6.53. The van der Waals surface area contributed by atoms with E-state index in [1.165, 1.54) is 24.3 Å². The second-order valence-corrected chi connectivity index (χ2v) is 8.74. The summed E-state index contributed by atoms with van der Waals surface area (Å²) in [4.78, 5) is 24.1. The van der Waals surface area contributed by atoms with Gasteiger partial charge in [-0.05, 0) is 39.9 Å². The average Bonchev–Trinajstić information content (AvgIpc) is 3.11. The fourth-order valence-corrected chi connectivity index (χ4v) is 4.38. The third-order valence-electron chi connectivity index (χ3n) is 5.50. The molecule has 0 heterocycles. The van der Waals surface area contributed by atoms with E-state index in [4.69, 9.17) is 9.29 Å². The smallest absolute Gasteiger partial charge is 0.446 e. The number of hydrogen-bond donors (Lipinski definition) is 3. The van der Waals surface area contributed by atoms with Crippen molar-refractivity contribution in [3.05, 3.63) is 89.5 Å². The highest BCUT2D eigenvalue weighted by Gasteiger charge is 2.29. The van der Waals surface area contributed by atoms with E-state index < -0.39 is 28.5 Å². The van der Waals surface area contributed by atoms with Crippen molar-refractivity contribution in [3.8, 4) is 16.9 Å². The van der Waals surface area contributed by atoms with Crippen molar-refractivity contribution in [2.45, 2.75) is 18.4 Å². The van der Waals surface area contributed by atoms with Crippen molar-refractivity contribution in [1.29, 1.82) is 0 Å². The first-order valence-electron chi connectivity index (χ1n) is 10.3. The van der Waals surface area contributed by atoms with Crippen LogP contribution in [-0.2, 0) is 26.4 Å². The number of amides is 1. The molecule has 1 aliphatic rings. The van der Waals surface area contributed by atoms with Crippen molar-refractivity contribution in [3.63, 3.8) is 0 Å². The number of hydrogen-bond acceptors (Lipinski definition) is 6. The van der Waals surface area contributed by atoms with Crippen LogP contribution in [0.3, 0.4) is 0 Å². The van der Waals surface area contributed by atoms with Gasteiger partial charge in [0.05, 0.1) is 0 Å². The number of nitrogens with one attached hydrogen (secondary N) is 1. The third-order valence-corrected chi connectivity index (χ3v) is 5.90. The molecule has 0 bridgehead atoms. The Labute approximate surface area is 195 Å². The maximum Gasteiger partial charge on any atom is 0.446 e. The quantitative estimate of drug-likeness (QED) is 0.414. The SMILES string of the molecule is O=C(NC(Cc1ccc(OS(=O)(=O)O)cc1)C(=O)O)OCC1c2ccccc2-c2ccccc21. The van der Waals surface area contributed by atoms with E-state index in [0.29, 0.717) is 5.56 Å². The molecule has 176 valence electrons. The van der Waals surface area contributed by atoms with Crippen LogP contribution >= 0.6 is 0 Å². The number of carbonyl (C=O) groups is 2. The van der Waals surface area contributed by atoms with Gasteiger partial charge in [0.2, 0.25) is 0 Å². The summed E-state index contributed by atoms with van der Waals surface area (Å²) in [6, 6.07) is 19.8. The van der Waals surface area contributed by atoms with E-state index >= 15 is 0 Å². The molecule has 9 nitrogen and oxygen atoms in total. The third kappa shape index (κ3) is 5.36. The highest BCUT2D eigenvalue weighted by molar-refractivity contribution is 7.81. The van der Waals surface area contributed by atoms with Gasteiger partial charge in [0, 0.05) is 12.3 Å². The predicted octanol–water partition coefficient (Wildman–Crippen LogP) is 3.40. The summed E-state index contributed by atoms with van der Waals surface area (Å²) in [5.74, 6) is -1.55. The number of carboxylic acids is 1. The first-order chi connectivity index (χ1) is 16.2. The lowest BCUT2D eigenvalue weighted by atomic mass is 9.98. The topological polar surface area (TPSA) is 139 Å². The van der Waals surface area contributed by atoms with Gasteiger partial charge in [-0.2, -0.15) is 8.42 Å². The zero-order valence-electron chi connectivity index (χ0n) is 17.7. The van der Waals surface area contributed by atoms with Crippen LogP contribution in [0.5, 0.6) is 5.75 Å².